The van der Waals surface area contributed by atoms with Gasteiger partial charge in [0.15, 0.2) is 0 Å². The van der Waals surface area contributed by atoms with Gasteiger partial charge in [0.2, 0.25) is 11.8 Å². The van der Waals surface area contributed by atoms with Crippen molar-refractivity contribution in [3.05, 3.63) is 65.7 Å². The van der Waals surface area contributed by atoms with Gasteiger partial charge < -0.3 is 14.9 Å². The van der Waals surface area contributed by atoms with Gasteiger partial charge in [-0.05, 0) is 11.6 Å². The lowest BCUT2D eigenvalue weighted by atomic mass is 9.89. The fourth-order valence-electron chi connectivity index (χ4n) is 4.59. The van der Waals surface area contributed by atoms with E-state index >= 15 is 0 Å². The highest BCUT2D eigenvalue weighted by Gasteiger charge is 2.49. The number of benzene rings is 2. The highest BCUT2D eigenvalue weighted by Crippen LogP contribution is 2.45. The smallest absolute Gasteiger partial charge is 0.227 e. The van der Waals surface area contributed by atoms with Crippen molar-refractivity contribution in [2.24, 2.45) is 11.8 Å². The molecule has 5 nitrogen and oxygen atoms in total. The second-order valence-corrected chi connectivity index (χ2v) is 7.56. The molecule has 2 aromatic carbocycles. The van der Waals surface area contributed by atoms with E-state index in [0.717, 1.165) is 5.56 Å². The fourth-order valence-corrected chi connectivity index (χ4v) is 4.59. The van der Waals surface area contributed by atoms with Crippen LogP contribution in [-0.2, 0) is 16.0 Å². The molecule has 5 heteroatoms. The summed E-state index contributed by atoms with van der Waals surface area (Å²) in [5, 5.41) is 9.94. The van der Waals surface area contributed by atoms with E-state index in [0.29, 0.717) is 31.1 Å². The molecule has 0 bridgehead atoms. The van der Waals surface area contributed by atoms with Crippen molar-refractivity contribution in [1.82, 2.24) is 9.80 Å². The van der Waals surface area contributed by atoms with Crippen molar-refractivity contribution in [3.8, 4) is 5.75 Å². The number of hydrogen-bond donors (Lipinski definition) is 1. The van der Waals surface area contributed by atoms with E-state index in [1.54, 1.807) is 25.1 Å². The Morgan fingerprint density at radius 2 is 1.70 bits per heavy atom. The summed E-state index contributed by atoms with van der Waals surface area (Å²) in [6, 6.07) is 17.1. The largest absolute Gasteiger partial charge is 0.508 e. The summed E-state index contributed by atoms with van der Waals surface area (Å²) in [4.78, 5) is 28.8. The number of carbonyl (C=O) groups is 2. The molecule has 3 atom stereocenters. The summed E-state index contributed by atoms with van der Waals surface area (Å²) in [5.41, 5.74) is 1.79. The molecule has 2 aliphatic rings. The third-order valence-corrected chi connectivity index (χ3v) is 5.90. The molecule has 2 saturated heterocycles. The predicted molar refractivity (Wildman–Crippen MR) is 102 cm³/mol. The van der Waals surface area contributed by atoms with Crippen molar-refractivity contribution >= 4 is 11.8 Å². The van der Waals surface area contributed by atoms with Crippen molar-refractivity contribution in [1.29, 1.82) is 0 Å². The zero-order valence-electron chi connectivity index (χ0n) is 15.4. The molecule has 4 rings (SSSR count). The molecule has 1 N–H and O–H groups in total. The van der Waals surface area contributed by atoms with Crippen LogP contribution < -0.4 is 0 Å². The molecular formula is C22H24N2O3. The molecule has 0 saturated carbocycles. The molecule has 2 aliphatic heterocycles. The molecule has 2 amide bonds. The number of fused-ring (bicyclic) bond motifs is 1. The van der Waals surface area contributed by atoms with Crippen LogP contribution in [0.1, 0.15) is 24.1 Å². The van der Waals surface area contributed by atoms with Gasteiger partial charge in [0.25, 0.3) is 0 Å². The zero-order chi connectivity index (χ0) is 19.0. The molecule has 2 aromatic rings. The first-order valence-corrected chi connectivity index (χ1v) is 9.41. The van der Waals surface area contributed by atoms with Crippen LogP contribution in [-0.4, -0.2) is 46.4 Å². The zero-order valence-corrected chi connectivity index (χ0v) is 15.4. The minimum Gasteiger partial charge on any atom is -0.508 e. The molecular weight excluding hydrogens is 340 g/mol. The molecule has 27 heavy (non-hydrogen) atoms. The second-order valence-electron chi connectivity index (χ2n) is 7.56. The van der Waals surface area contributed by atoms with Crippen molar-refractivity contribution in [2.45, 2.75) is 19.4 Å². The van der Waals surface area contributed by atoms with Gasteiger partial charge in [-0.2, -0.15) is 0 Å². The standard InChI is InChI=1S/C22H24N2O3/c1-15(25)24-13-18-12-23(21(27)11-17-9-5-6-10-20(17)26)14-19(18)22(24)16-7-3-2-4-8-16/h2-10,18-19,22,26H,11-14H2,1H3/t18-,19-,22-/m1/s1. The molecule has 2 heterocycles. The van der Waals surface area contributed by atoms with E-state index in [1.165, 1.54) is 0 Å². The highest BCUT2D eigenvalue weighted by molar-refractivity contribution is 5.80. The number of carbonyl (C=O) groups excluding carboxylic acids is 2. The van der Waals surface area contributed by atoms with E-state index in [1.807, 2.05) is 34.1 Å². The van der Waals surface area contributed by atoms with Crippen LogP contribution in [0, 0.1) is 11.8 Å². The van der Waals surface area contributed by atoms with Crippen LogP contribution in [0.3, 0.4) is 0 Å². The summed E-state index contributed by atoms with van der Waals surface area (Å²) >= 11 is 0. The Morgan fingerprint density at radius 1 is 1.00 bits per heavy atom. The average Bonchev–Trinajstić information content (AvgIpc) is 3.22. The number of aromatic hydroxyl groups is 1. The highest BCUT2D eigenvalue weighted by atomic mass is 16.3. The molecule has 0 unspecified atom stereocenters. The second kappa shape index (κ2) is 7.06. The summed E-state index contributed by atoms with van der Waals surface area (Å²) in [7, 11) is 0. The maximum atomic E-state index is 12.8. The van der Waals surface area contributed by atoms with Gasteiger partial charge in [0.1, 0.15) is 5.75 Å². The Bertz CT molecular complexity index is 852. The minimum atomic E-state index is 0.0247. The maximum Gasteiger partial charge on any atom is 0.227 e. The quantitative estimate of drug-likeness (QED) is 0.911. The number of amides is 2. The van der Waals surface area contributed by atoms with Gasteiger partial charge in [0, 0.05) is 44.0 Å². The van der Waals surface area contributed by atoms with Gasteiger partial charge in [-0.1, -0.05) is 48.5 Å². The molecule has 0 radical (unpaired) electrons. The summed E-state index contributed by atoms with van der Waals surface area (Å²) in [5.74, 6) is 0.838. The Kier molecular flexibility index (Phi) is 4.60. The number of nitrogens with zero attached hydrogens (tertiary/aromatic N) is 2. The lowest BCUT2D eigenvalue weighted by molar-refractivity contribution is -0.131. The third kappa shape index (κ3) is 3.29. The predicted octanol–water partition coefficient (Wildman–Crippen LogP) is 2.61. The summed E-state index contributed by atoms with van der Waals surface area (Å²) in [6.45, 7) is 3.64. The molecule has 0 aromatic heterocycles. The van der Waals surface area contributed by atoms with Gasteiger partial charge >= 0.3 is 0 Å². The van der Waals surface area contributed by atoms with Gasteiger partial charge in [-0.25, -0.2) is 0 Å². The Hall–Kier alpha value is -2.82. The van der Waals surface area contributed by atoms with Crippen LogP contribution >= 0.6 is 0 Å². The summed E-state index contributed by atoms with van der Waals surface area (Å²) < 4.78 is 0. The molecule has 0 aliphatic carbocycles. The number of rotatable bonds is 3. The topological polar surface area (TPSA) is 60.9 Å². The van der Waals surface area contributed by atoms with Crippen LogP contribution in [0.5, 0.6) is 5.75 Å². The first kappa shape index (κ1) is 17.6. The van der Waals surface area contributed by atoms with Crippen molar-refractivity contribution in [3.63, 3.8) is 0 Å². The van der Waals surface area contributed by atoms with Gasteiger partial charge in [-0.15, -0.1) is 0 Å². The average molecular weight is 364 g/mol. The Labute approximate surface area is 159 Å². The number of phenolic OH excluding ortho intramolecular Hbond substituents is 1. The van der Waals surface area contributed by atoms with Gasteiger partial charge in [-0.3, -0.25) is 9.59 Å². The molecule has 2 fully saturated rings. The van der Waals surface area contributed by atoms with Crippen molar-refractivity contribution < 1.29 is 14.7 Å². The first-order valence-electron chi connectivity index (χ1n) is 9.41. The third-order valence-electron chi connectivity index (χ3n) is 5.90. The van der Waals surface area contributed by atoms with Crippen LogP contribution in [0.4, 0.5) is 0 Å². The molecule has 0 spiro atoms. The first-order chi connectivity index (χ1) is 13.0. The van der Waals surface area contributed by atoms with E-state index in [-0.39, 0.29) is 35.9 Å². The van der Waals surface area contributed by atoms with Crippen LogP contribution in [0.15, 0.2) is 54.6 Å². The lowest BCUT2D eigenvalue weighted by Gasteiger charge is -2.29. The van der Waals surface area contributed by atoms with Crippen molar-refractivity contribution in [2.75, 3.05) is 19.6 Å². The van der Waals surface area contributed by atoms with Crippen LogP contribution in [0.2, 0.25) is 0 Å². The number of likely N-dealkylation sites (tertiary alicyclic amines) is 2. The SMILES string of the molecule is CC(=O)N1C[C@H]2CN(C(=O)Cc3ccccc3O)C[C@H]2[C@H]1c1ccccc1. The fraction of sp³-hybridized carbons (Fsp3) is 0.364. The lowest BCUT2D eigenvalue weighted by Crippen LogP contribution is -2.37. The Balaban J connectivity index is 1.52. The van der Waals surface area contributed by atoms with Gasteiger partial charge in [0.05, 0.1) is 12.5 Å². The number of phenols is 1. The minimum absolute atomic E-state index is 0.0247. The van der Waals surface area contributed by atoms with E-state index in [2.05, 4.69) is 12.1 Å². The maximum absolute atomic E-state index is 12.8. The summed E-state index contributed by atoms with van der Waals surface area (Å²) in [6.07, 6.45) is 0.207. The number of para-hydroxylation sites is 1. The monoisotopic (exact) mass is 364 g/mol. The normalized spacial score (nSPS) is 24.1. The van der Waals surface area contributed by atoms with Crippen LogP contribution in [0.25, 0.3) is 0 Å². The van der Waals surface area contributed by atoms with E-state index in [9.17, 15) is 14.7 Å². The van der Waals surface area contributed by atoms with E-state index < -0.39 is 0 Å². The Morgan fingerprint density at radius 3 is 2.41 bits per heavy atom. The molecule has 140 valence electrons. The number of hydrogen-bond acceptors (Lipinski definition) is 3. The van der Waals surface area contributed by atoms with E-state index in [4.69, 9.17) is 0 Å².